The minimum Gasteiger partial charge on any atom is -0.490 e. The molecule has 0 radical (unpaired) electrons. The van der Waals surface area contributed by atoms with Gasteiger partial charge in [0.2, 0.25) is 0 Å². The van der Waals surface area contributed by atoms with E-state index in [2.05, 4.69) is 16.9 Å². The highest BCUT2D eigenvalue weighted by molar-refractivity contribution is 5.80. The van der Waals surface area contributed by atoms with Crippen molar-refractivity contribution in [2.45, 2.75) is 18.9 Å². The van der Waals surface area contributed by atoms with Crippen molar-refractivity contribution in [3.63, 3.8) is 0 Å². The van der Waals surface area contributed by atoms with Crippen molar-refractivity contribution in [3.05, 3.63) is 22.7 Å². The molecule has 3 N–H and O–H groups in total. The first-order valence-electron chi connectivity index (χ1n) is 6.39. The summed E-state index contributed by atoms with van der Waals surface area (Å²) in [6.07, 6.45) is 2.56. The molecule has 102 valence electrons. The number of aromatic nitrogens is 1. The maximum absolute atomic E-state index is 11.1. The zero-order valence-electron chi connectivity index (χ0n) is 10.8. The maximum atomic E-state index is 11.1. The van der Waals surface area contributed by atoms with Crippen molar-refractivity contribution in [2.24, 2.45) is 0 Å². The van der Waals surface area contributed by atoms with Crippen molar-refractivity contribution in [1.82, 2.24) is 9.88 Å². The molecule has 2 aromatic rings. The Hall–Kier alpha value is -1.95. The van der Waals surface area contributed by atoms with Gasteiger partial charge in [0.05, 0.1) is 11.2 Å². The predicted molar refractivity (Wildman–Crippen MR) is 72.4 cm³/mol. The third kappa shape index (κ3) is 2.58. The molecule has 1 aliphatic carbocycles. The molecule has 1 fully saturated rings. The van der Waals surface area contributed by atoms with E-state index in [0.717, 1.165) is 6.54 Å². The molecule has 0 saturated heterocycles. The van der Waals surface area contributed by atoms with E-state index in [1.165, 1.54) is 12.8 Å². The number of nitrogen functional groups attached to an aromatic ring is 1. The second-order valence-corrected chi connectivity index (χ2v) is 4.96. The third-order valence-electron chi connectivity index (χ3n) is 3.42. The monoisotopic (exact) mass is 263 g/mol. The molecule has 6 nitrogen and oxygen atoms in total. The van der Waals surface area contributed by atoms with Crippen LogP contribution in [-0.4, -0.2) is 36.1 Å². The fraction of sp³-hybridized carbons (Fsp3) is 0.462. The lowest BCUT2D eigenvalue weighted by Crippen LogP contribution is -2.26. The number of benzene rings is 1. The SMILES string of the molecule is CN(CCOc1cc2[nH]c(=O)oc2cc1N)C1CC1. The van der Waals surface area contributed by atoms with Gasteiger partial charge in [-0.15, -0.1) is 0 Å². The van der Waals surface area contributed by atoms with Gasteiger partial charge >= 0.3 is 5.76 Å². The number of hydrogen-bond donors (Lipinski definition) is 2. The van der Waals surface area contributed by atoms with Gasteiger partial charge in [0.15, 0.2) is 5.58 Å². The average Bonchev–Trinajstić information content (AvgIpc) is 3.13. The number of anilines is 1. The summed E-state index contributed by atoms with van der Waals surface area (Å²) in [6, 6.07) is 4.02. The number of H-pyrrole nitrogens is 1. The summed E-state index contributed by atoms with van der Waals surface area (Å²) in [5.41, 5.74) is 7.40. The average molecular weight is 263 g/mol. The Bertz CT molecular complexity index is 642. The van der Waals surface area contributed by atoms with Gasteiger partial charge in [0, 0.05) is 24.7 Å². The summed E-state index contributed by atoms with van der Waals surface area (Å²) in [5.74, 6) is 0.0914. The number of aromatic amines is 1. The molecule has 1 saturated carbocycles. The van der Waals surface area contributed by atoms with Gasteiger partial charge in [0.25, 0.3) is 0 Å². The van der Waals surface area contributed by atoms with E-state index >= 15 is 0 Å². The van der Waals surface area contributed by atoms with Gasteiger partial charge in [-0.2, -0.15) is 0 Å². The lowest BCUT2D eigenvalue weighted by Gasteiger charge is -2.16. The minimum absolute atomic E-state index is 0.449. The van der Waals surface area contributed by atoms with Crippen LogP contribution in [0.2, 0.25) is 0 Å². The molecule has 0 aliphatic heterocycles. The van der Waals surface area contributed by atoms with Gasteiger partial charge < -0.3 is 19.8 Å². The van der Waals surface area contributed by atoms with Crippen LogP contribution in [0.3, 0.4) is 0 Å². The normalized spacial score (nSPS) is 15.3. The van der Waals surface area contributed by atoms with Crippen LogP contribution in [0.25, 0.3) is 11.1 Å². The highest BCUT2D eigenvalue weighted by Crippen LogP contribution is 2.27. The van der Waals surface area contributed by atoms with Crippen LogP contribution >= 0.6 is 0 Å². The van der Waals surface area contributed by atoms with Gasteiger partial charge in [-0.25, -0.2) is 4.79 Å². The first kappa shape index (κ1) is 12.1. The van der Waals surface area contributed by atoms with Crippen LogP contribution < -0.4 is 16.2 Å². The largest absolute Gasteiger partial charge is 0.490 e. The molecule has 0 unspecified atom stereocenters. The van der Waals surface area contributed by atoms with E-state index in [0.29, 0.717) is 35.2 Å². The molecule has 1 aromatic carbocycles. The van der Waals surface area contributed by atoms with Crippen LogP contribution in [0.15, 0.2) is 21.3 Å². The zero-order chi connectivity index (χ0) is 13.4. The molecule has 0 bridgehead atoms. The number of rotatable bonds is 5. The Balaban J connectivity index is 1.69. The summed E-state index contributed by atoms with van der Waals surface area (Å²) in [5, 5.41) is 0. The summed E-state index contributed by atoms with van der Waals surface area (Å²) in [4.78, 5) is 16.0. The molecule has 3 rings (SSSR count). The Morgan fingerprint density at radius 3 is 3.05 bits per heavy atom. The zero-order valence-corrected chi connectivity index (χ0v) is 10.8. The smallest absolute Gasteiger partial charge is 0.417 e. The number of likely N-dealkylation sites (N-methyl/N-ethyl adjacent to an activating group) is 1. The molecule has 1 heterocycles. The Morgan fingerprint density at radius 2 is 2.32 bits per heavy atom. The number of hydrogen-bond acceptors (Lipinski definition) is 5. The first-order valence-corrected chi connectivity index (χ1v) is 6.39. The highest BCUT2D eigenvalue weighted by atomic mass is 16.5. The highest BCUT2D eigenvalue weighted by Gasteiger charge is 2.25. The number of nitrogens with one attached hydrogen (secondary N) is 1. The van der Waals surface area contributed by atoms with Gasteiger partial charge in [-0.05, 0) is 19.9 Å². The Labute approximate surface area is 110 Å². The molecule has 0 amide bonds. The van der Waals surface area contributed by atoms with Crippen molar-refractivity contribution in [3.8, 4) is 5.75 Å². The molecule has 1 aromatic heterocycles. The van der Waals surface area contributed by atoms with Crippen molar-refractivity contribution >= 4 is 16.8 Å². The summed E-state index contributed by atoms with van der Waals surface area (Å²) >= 11 is 0. The summed E-state index contributed by atoms with van der Waals surface area (Å²) in [7, 11) is 2.10. The maximum Gasteiger partial charge on any atom is 0.417 e. The molecular weight excluding hydrogens is 246 g/mol. The summed E-state index contributed by atoms with van der Waals surface area (Å²) in [6.45, 7) is 1.44. The fourth-order valence-electron chi connectivity index (χ4n) is 2.12. The van der Waals surface area contributed by atoms with Crippen LogP contribution in [0.1, 0.15) is 12.8 Å². The quantitative estimate of drug-likeness (QED) is 0.791. The second-order valence-electron chi connectivity index (χ2n) is 4.96. The van der Waals surface area contributed by atoms with E-state index in [-0.39, 0.29) is 0 Å². The number of nitrogens with two attached hydrogens (primary N) is 1. The van der Waals surface area contributed by atoms with Crippen LogP contribution in [-0.2, 0) is 0 Å². The number of nitrogens with zero attached hydrogens (tertiary/aromatic N) is 1. The molecular formula is C13H17N3O3. The first-order chi connectivity index (χ1) is 9.13. The number of ether oxygens (including phenoxy) is 1. The molecule has 1 aliphatic rings. The predicted octanol–water partition coefficient (Wildman–Crippen LogP) is 1.18. The Morgan fingerprint density at radius 1 is 1.53 bits per heavy atom. The number of oxazole rings is 1. The van der Waals surface area contributed by atoms with Crippen LogP contribution in [0.4, 0.5) is 5.69 Å². The topological polar surface area (TPSA) is 84.5 Å². The number of fused-ring (bicyclic) bond motifs is 1. The van der Waals surface area contributed by atoms with Crippen molar-refractivity contribution in [2.75, 3.05) is 25.9 Å². The lowest BCUT2D eigenvalue weighted by molar-refractivity contribution is 0.233. The molecule has 0 atom stereocenters. The third-order valence-corrected chi connectivity index (χ3v) is 3.42. The van der Waals surface area contributed by atoms with Gasteiger partial charge in [-0.3, -0.25) is 4.98 Å². The Kier molecular flexibility index (Phi) is 2.94. The van der Waals surface area contributed by atoms with Crippen LogP contribution in [0.5, 0.6) is 5.75 Å². The van der Waals surface area contributed by atoms with Gasteiger partial charge in [-0.1, -0.05) is 0 Å². The van der Waals surface area contributed by atoms with Gasteiger partial charge in [0.1, 0.15) is 12.4 Å². The van der Waals surface area contributed by atoms with E-state index in [9.17, 15) is 4.79 Å². The molecule has 6 heteroatoms. The van der Waals surface area contributed by atoms with E-state index in [1.54, 1.807) is 12.1 Å². The standard InChI is InChI=1S/C13H17N3O3/c1-16(8-2-3-8)4-5-18-11-7-10-12(6-9(11)14)19-13(17)15-10/h6-8H,2-5,14H2,1H3,(H,15,17). The second kappa shape index (κ2) is 4.62. The molecule has 0 spiro atoms. The van der Waals surface area contributed by atoms with Crippen molar-refractivity contribution in [1.29, 1.82) is 0 Å². The van der Waals surface area contributed by atoms with E-state index in [1.807, 2.05) is 0 Å². The van der Waals surface area contributed by atoms with E-state index in [4.69, 9.17) is 14.9 Å². The lowest BCUT2D eigenvalue weighted by atomic mass is 10.2. The fourth-order valence-corrected chi connectivity index (χ4v) is 2.12. The minimum atomic E-state index is -0.486. The van der Waals surface area contributed by atoms with E-state index < -0.39 is 5.76 Å². The summed E-state index contributed by atoms with van der Waals surface area (Å²) < 4.78 is 10.6. The molecule has 19 heavy (non-hydrogen) atoms. The van der Waals surface area contributed by atoms with Crippen LogP contribution in [0, 0.1) is 0 Å². The van der Waals surface area contributed by atoms with Crippen molar-refractivity contribution < 1.29 is 9.15 Å².